The molecule has 0 aliphatic heterocycles. The molecular formula is C17H25BrN2O3S. The number of carbonyl (C=O) groups is 1. The summed E-state index contributed by atoms with van der Waals surface area (Å²) in [5, 5.41) is 3.00. The highest BCUT2D eigenvalue weighted by atomic mass is 79.9. The standard InChI is InChI=1S/C17H25BrN2O3S/c1-13(17(21)19-15-7-5-3-2-4-6-8-15)20-24(22,23)16-11-9-14(18)10-12-16/h9-13,15,20H,2-8H2,1H3,(H,19,21)/t13-/m0/s1. The summed E-state index contributed by atoms with van der Waals surface area (Å²) in [5.74, 6) is -0.263. The topological polar surface area (TPSA) is 75.3 Å². The van der Waals surface area contributed by atoms with Crippen LogP contribution in [0, 0.1) is 0 Å². The number of rotatable bonds is 5. The zero-order chi connectivity index (χ0) is 17.6. The summed E-state index contributed by atoms with van der Waals surface area (Å²) < 4.78 is 27.9. The molecule has 0 spiro atoms. The van der Waals surface area contributed by atoms with Crippen LogP contribution in [0.2, 0.25) is 0 Å². The van der Waals surface area contributed by atoms with Crippen molar-refractivity contribution in [2.45, 2.75) is 68.8 Å². The number of halogens is 1. The van der Waals surface area contributed by atoms with Crippen LogP contribution in [0.15, 0.2) is 33.6 Å². The molecule has 0 saturated heterocycles. The lowest BCUT2D eigenvalue weighted by atomic mass is 9.96. The zero-order valence-corrected chi connectivity index (χ0v) is 16.3. The van der Waals surface area contributed by atoms with Crippen molar-refractivity contribution < 1.29 is 13.2 Å². The van der Waals surface area contributed by atoms with Crippen molar-refractivity contribution in [3.63, 3.8) is 0 Å². The van der Waals surface area contributed by atoms with Gasteiger partial charge in [-0.2, -0.15) is 4.72 Å². The molecule has 1 aliphatic rings. The van der Waals surface area contributed by atoms with Crippen molar-refractivity contribution in [3.05, 3.63) is 28.7 Å². The minimum absolute atomic E-state index is 0.149. The van der Waals surface area contributed by atoms with E-state index in [0.717, 1.165) is 30.2 Å². The lowest BCUT2D eigenvalue weighted by molar-refractivity contribution is -0.123. The first-order chi connectivity index (χ1) is 11.4. The Labute approximate surface area is 152 Å². The fraction of sp³-hybridized carbons (Fsp3) is 0.588. The number of carbonyl (C=O) groups excluding carboxylic acids is 1. The maximum absolute atomic E-state index is 12.3. The molecule has 0 aromatic heterocycles. The van der Waals surface area contributed by atoms with Gasteiger partial charge in [0.25, 0.3) is 0 Å². The predicted octanol–water partition coefficient (Wildman–Crippen LogP) is 3.35. The van der Waals surface area contributed by atoms with Gasteiger partial charge in [0.1, 0.15) is 0 Å². The fourth-order valence-corrected chi connectivity index (χ4v) is 4.36. The summed E-state index contributed by atoms with van der Waals surface area (Å²) in [6.07, 6.45) is 7.85. The highest BCUT2D eigenvalue weighted by Gasteiger charge is 2.24. The van der Waals surface area contributed by atoms with Gasteiger partial charge in [0, 0.05) is 10.5 Å². The van der Waals surface area contributed by atoms with Crippen LogP contribution in [0.25, 0.3) is 0 Å². The minimum Gasteiger partial charge on any atom is -0.352 e. The number of nitrogens with one attached hydrogen (secondary N) is 2. The van der Waals surface area contributed by atoms with Crippen LogP contribution in [-0.2, 0) is 14.8 Å². The molecular weight excluding hydrogens is 392 g/mol. The molecule has 0 heterocycles. The maximum Gasteiger partial charge on any atom is 0.241 e. The normalized spacial score (nSPS) is 18.4. The molecule has 134 valence electrons. The van der Waals surface area contributed by atoms with Gasteiger partial charge in [-0.25, -0.2) is 8.42 Å². The molecule has 2 rings (SSSR count). The third-order valence-corrected chi connectivity index (χ3v) is 6.39. The SMILES string of the molecule is C[C@H](NS(=O)(=O)c1ccc(Br)cc1)C(=O)NC1CCCCCCC1. The Morgan fingerprint density at radius 2 is 1.62 bits per heavy atom. The van der Waals surface area contributed by atoms with Gasteiger partial charge in [0.2, 0.25) is 15.9 Å². The van der Waals surface area contributed by atoms with Crippen molar-refractivity contribution in [3.8, 4) is 0 Å². The van der Waals surface area contributed by atoms with Gasteiger partial charge in [-0.3, -0.25) is 4.79 Å². The molecule has 1 saturated carbocycles. The first-order valence-electron chi connectivity index (χ1n) is 8.47. The monoisotopic (exact) mass is 416 g/mol. The number of benzene rings is 1. The molecule has 5 nitrogen and oxygen atoms in total. The largest absolute Gasteiger partial charge is 0.352 e. The van der Waals surface area contributed by atoms with E-state index in [1.807, 2.05) is 0 Å². The highest BCUT2D eigenvalue weighted by molar-refractivity contribution is 9.10. The molecule has 0 bridgehead atoms. The van der Waals surface area contributed by atoms with Crippen LogP contribution in [-0.4, -0.2) is 26.4 Å². The molecule has 0 radical (unpaired) electrons. The third kappa shape index (κ3) is 5.86. The van der Waals surface area contributed by atoms with E-state index in [0.29, 0.717) is 0 Å². The van der Waals surface area contributed by atoms with E-state index in [2.05, 4.69) is 26.0 Å². The second-order valence-corrected chi connectivity index (χ2v) is 8.98. The summed E-state index contributed by atoms with van der Waals surface area (Å²) in [6.45, 7) is 1.58. The van der Waals surface area contributed by atoms with Crippen LogP contribution < -0.4 is 10.0 Å². The number of hydrogen-bond acceptors (Lipinski definition) is 3. The number of sulfonamides is 1. The Hall–Kier alpha value is -0.920. The van der Waals surface area contributed by atoms with Crippen LogP contribution in [0.3, 0.4) is 0 Å². The average molecular weight is 417 g/mol. The van der Waals surface area contributed by atoms with Crippen molar-refractivity contribution in [2.24, 2.45) is 0 Å². The Bertz CT molecular complexity index is 638. The van der Waals surface area contributed by atoms with Crippen molar-refractivity contribution in [2.75, 3.05) is 0 Å². The van der Waals surface area contributed by atoms with Crippen LogP contribution in [0.4, 0.5) is 0 Å². The second kappa shape index (κ2) is 8.97. The molecule has 1 fully saturated rings. The van der Waals surface area contributed by atoms with Gasteiger partial charge in [-0.05, 0) is 44.0 Å². The zero-order valence-electron chi connectivity index (χ0n) is 13.9. The molecule has 0 unspecified atom stereocenters. The molecule has 1 aromatic rings. The van der Waals surface area contributed by atoms with E-state index < -0.39 is 16.1 Å². The Morgan fingerprint density at radius 3 is 2.21 bits per heavy atom. The van der Waals surface area contributed by atoms with Crippen molar-refractivity contribution >= 4 is 31.9 Å². The Balaban J connectivity index is 1.93. The molecule has 7 heteroatoms. The van der Waals surface area contributed by atoms with Gasteiger partial charge >= 0.3 is 0 Å². The van der Waals surface area contributed by atoms with Gasteiger partial charge in [0.15, 0.2) is 0 Å². The third-order valence-electron chi connectivity index (χ3n) is 4.30. The Morgan fingerprint density at radius 1 is 1.08 bits per heavy atom. The molecule has 1 aromatic carbocycles. The average Bonchev–Trinajstić information content (AvgIpc) is 2.49. The summed E-state index contributed by atoms with van der Waals surface area (Å²) in [4.78, 5) is 12.5. The summed E-state index contributed by atoms with van der Waals surface area (Å²) in [5.41, 5.74) is 0. The van der Waals surface area contributed by atoms with Crippen LogP contribution >= 0.6 is 15.9 Å². The number of hydrogen-bond donors (Lipinski definition) is 2. The second-order valence-electron chi connectivity index (χ2n) is 6.35. The summed E-state index contributed by atoms with van der Waals surface area (Å²) in [7, 11) is -3.71. The first kappa shape index (κ1) is 19.4. The lowest BCUT2D eigenvalue weighted by Gasteiger charge is -2.23. The van der Waals surface area contributed by atoms with E-state index >= 15 is 0 Å². The van der Waals surface area contributed by atoms with E-state index in [1.54, 1.807) is 19.1 Å². The van der Waals surface area contributed by atoms with Crippen LogP contribution in [0.1, 0.15) is 51.9 Å². The highest BCUT2D eigenvalue weighted by Crippen LogP contribution is 2.18. The fourth-order valence-electron chi connectivity index (χ4n) is 2.89. The van der Waals surface area contributed by atoms with Gasteiger partial charge in [-0.1, -0.05) is 48.0 Å². The number of amides is 1. The molecule has 24 heavy (non-hydrogen) atoms. The van der Waals surface area contributed by atoms with Crippen LogP contribution in [0.5, 0.6) is 0 Å². The van der Waals surface area contributed by atoms with E-state index in [-0.39, 0.29) is 16.8 Å². The smallest absolute Gasteiger partial charge is 0.241 e. The van der Waals surface area contributed by atoms with Crippen molar-refractivity contribution in [1.82, 2.24) is 10.0 Å². The van der Waals surface area contributed by atoms with Crippen molar-refractivity contribution in [1.29, 1.82) is 0 Å². The Kier molecular flexibility index (Phi) is 7.25. The van der Waals surface area contributed by atoms with E-state index in [1.165, 1.54) is 31.4 Å². The summed E-state index contributed by atoms with van der Waals surface area (Å²) in [6, 6.07) is 5.68. The van der Waals surface area contributed by atoms with Gasteiger partial charge in [-0.15, -0.1) is 0 Å². The predicted molar refractivity (Wildman–Crippen MR) is 98.2 cm³/mol. The van der Waals surface area contributed by atoms with E-state index in [4.69, 9.17) is 0 Å². The molecule has 1 amide bonds. The lowest BCUT2D eigenvalue weighted by Crippen LogP contribution is -2.48. The molecule has 1 atom stereocenters. The van der Waals surface area contributed by atoms with E-state index in [9.17, 15) is 13.2 Å². The molecule has 2 N–H and O–H groups in total. The quantitative estimate of drug-likeness (QED) is 0.772. The molecule has 1 aliphatic carbocycles. The van der Waals surface area contributed by atoms with Gasteiger partial charge in [0.05, 0.1) is 10.9 Å². The summed E-state index contributed by atoms with van der Waals surface area (Å²) >= 11 is 3.27. The minimum atomic E-state index is -3.71. The first-order valence-corrected chi connectivity index (χ1v) is 10.7. The van der Waals surface area contributed by atoms with Gasteiger partial charge < -0.3 is 5.32 Å². The maximum atomic E-state index is 12.3.